The number of anilines is 1. The summed E-state index contributed by atoms with van der Waals surface area (Å²) < 4.78 is 14.2. The molecule has 0 aliphatic rings. The first-order valence-corrected chi connectivity index (χ1v) is 7.03. The van der Waals surface area contributed by atoms with Gasteiger partial charge < -0.3 is 5.32 Å². The van der Waals surface area contributed by atoms with Crippen LogP contribution in [0.25, 0.3) is 22.3 Å². The van der Waals surface area contributed by atoms with E-state index < -0.39 is 5.82 Å². The zero-order valence-electron chi connectivity index (χ0n) is 11.4. The van der Waals surface area contributed by atoms with Crippen LogP contribution in [0.2, 0.25) is 5.02 Å². The molecule has 3 rings (SSSR count). The van der Waals surface area contributed by atoms with Gasteiger partial charge in [-0.15, -0.1) is 0 Å². The van der Waals surface area contributed by atoms with Crippen LogP contribution < -0.4 is 5.32 Å². The summed E-state index contributed by atoms with van der Waals surface area (Å²) in [6.07, 6.45) is 0. The molecular weight excluding hydrogens is 289 g/mol. The number of hydrogen-bond acceptors (Lipinski definition) is 3. The standard InChI is InChI=1S/C16H13ClFN3/c1-2-19-15-10-6-3-4-9-13(10)20-16(21-15)11-7-5-8-12(17)14(11)18/h3-9H,2H2,1H3,(H,19,20,21). The highest BCUT2D eigenvalue weighted by Crippen LogP contribution is 2.28. The molecule has 0 bridgehead atoms. The third kappa shape index (κ3) is 2.54. The Morgan fingerprint density at radius 3 is 2.71 bits per heavy atom. The smallest absolute Gasteiger partial charge is 0.165 e. The van der Waals surface area contributed by atoms with E-state index in [0.29, 0.717) is 17.2 Å². The van der Waals surface area contributed by atoms with Gasteiger partial charge in [-0.3, -0.25) is 0 Å². The molecule has 1 N–H and O–H groups in total. The highest BCUT2D eigenvalue weighted by Gasteiger charge is 2.14. The number of para-hydroxylation sites is 1. The van der Waals surface area contributed by atoms with Crippen LogP contribution in [0, 0.1) is 5.82 Å². The molecule has 3 aromatic rings. The quantitative estimate of drug-likeness (QED) is 0.773. The summed E-state index contributed by atoms with van der Waals surface area (Å²) in [4.78, 5) is 8.88. The lowest BCUT2D eigenvalue weighted by molar-refractivity contribution is 0.630. The minimum absolute atomic E-state index is 0.0641. The SMILES string of the molecule is CCNc1nc(-c2cccc(Cl)c2F)nc2ccccc12. The topological polar surface area (TPSA) is 37.8 Å². The van der Waals surface area contributed by atoms with Gasteiger partial charge in [0.1, 0.15) is 5.82 Å². The Hall–Kier alpha value is -2.20. The summed E-state index contributed by atoms with van der Waals surface area (Å²) in [5, 5.41) is 4.16. The lowest BCUT2D eigenvalue weighted by atomic mass is 10.1. The third-order valence-electron chi connectivity index (χ3n) is 3.14. The summed E-state index contributed by atoms with van der Waals surface area (Å²) in [5.41, 5.74) is 1.06. The first-order valence-electron chi connectivity index (χ1n) is 6.65. The molecule has 2 aromatic carbocycles. The fourth-order valence-electron chi connectivity index (χ4n) is 2.18. The second-order valence-corrected chi connectivity index (χ2v) is 4.95. The molecular formula is C16H13ClFN3. The largest absolute Gasteiger partial charge is 0.370 e. The molecule has 0 fully saturated rings. The normalized spacial score (nSPS) is 10.8. The van der Waals surface area contributed by atoms with Crippen molar-refractivity contribution < 1.29 is 4.39 Å². The maximum absolute atomic E-state index is 14.2. The monoisotopic (exact) mass is 301 g/mol. The average Bonchev–Trinajstić information content (AvgIpc) is 2.50. The zero-order chi connectivity index (χ0) is 14.8. The second kappa shape index (κ2) is 5.66. The van der Waals surface area contributed by atoms with Crippen molar-refractivity contribution in [2.24, 2.45) is 0 Å². The van der Waals surface area contributed by atoms with Crippen molar-refractivity contribution in [3.05, 3.63) is 53.3 Å². The highest BCUT2D eigenvalue weighted by atomic mass is 35.5. The zero-order valence-corrected chi connectivity index (χ0v) is 12.2. The van der Waals surface area contributed by atoms with Crippen molar-refractivity contribution in [2.75, 3.05) is 11.9 Å². The predicted molar refractivity (Wildman–Crippen MR) is 84.1 cm³/mol. The van der Waals surface area contributed by atoms with Gasteiger partial charge in [0.05, 0.1) is 16.1 Å². The molecule has 0 radical (unpaired) electrons. The van der Waals surface area contributed by atoms with Crippen LogP contribution in [-0.2, 0) is 0 Å². The van der Waals surface area contributed by atoms with Gasteiger partial charge in [-0.2, -0.15) is 0 Å². The number of nitrogens with zero attached hydrogens (tertiary/aromatic N) is 2. The van der Waals surface area contributed by atoms with Crippen molar-refractivity contribution in [3.63, 3.8) is 0 Å². The number of aromatic nitrogens is 2. The summed E-state index contributed by atoms with van der Waals surface area (Å²) in [6.45, 7) is 2.70. The lowest BCUT2D eigenvalue weighted by Gasteiger charge is -2.10. The van der Waals surface area contributed by atoms with E-state index in [1.54, 1.807) is 12.1 Å². The van der Waals surface area contributed by atoms with Crippen molar-refractivity contribution in [3.8, 4) is 11.4 Å². The molecule has 0 saturated carbocycles. The van der Waals surface area contributed by atoms with E-state index in [4.69, 9.17) is 11.6 Å². The van der Waals surface area contributed by atoms with Crippen LogP contribution in [-0.4, -0.2) is 16.5 Å². The molecule has 21 heavy (non-hydrogen) atoms. The number of halogens is 2. The Balaban J connectivity index is 2.26. The second-order valence-electron chi connectivity index (χ2n) is 4.54. The van der Waals surface area contributed by atoms with E-state index in [1.165, 1.54) is 6.07 Å². The lowest BCUT2D eigenvalue weighted by Crippen LogP contribution is -2.03. The molecule has 0 aliphatic heterocycles. The molecule has 0 saturated heterocycles. The number of fused-ring (bicyclic) bond motifs is 1. The van der Waals surface area contributed by atoms with Gasteiger partial charge in [-0.05, 0) is 31.2 Å². The number of benzene rings is 2. The maximum atomic E-state index is 14.2. The van der Waals surface area contributed by atoms with Crippen LogP contribution in [0.5, 0.6) is 0 Å². The Labute approximate surface area is 126 Å². The summed E-state index contributed by atoms with van der Waals surface area (Å²) in [7, 11) is 0. The van der Waals surface area contributed by atoms with Gasteiger partial charge in [0, 0.05) is 11.9 Å². The van der Waals surface area contributed by atoms with Gasteiger partial charge in [0.15, 0.2) is 11.6 Å². The summed E-state index contributed by atoms with van der Waals surface area (Å²) >= 11 is 5.84. The third-order valence-corrected chi connectivity index (χ3v) is 3.43. The first kappa shape index (κ1) is 13.8. The highest BCUT2D eigenvalue weighted by molar-refractivity contribution is 6.31. The van der Waals surface area contributed by atoms with Crippen molar-refractivity contribution in [1.82, 2.24) is 9.97 Å². The van der Waals surface area contributed by atoms with Gasteiger partial charge in [0.2, 0.25) is 0 Å². The fraction of sp³-hybridized carbons (Fsp3) is 0.125. The summed E-state index contributed by atoms with van der Waals surface area (Å²) in [6, 6.07) is 12.4. The molecule has 0 amide bonds. The molecule has 0 spiro atoms. The van der Waals surface area contributed by atoms with E-state index >= 15 is 0 Å². The van der Waals surface area contributed by atoms with Crippen LogP contribution >= 0.6 is 11.6 Å². The van der Waals surface area contributed by atoms with E-state index in [1.807, 2.05) is 31.2 Å². The molecule has 1 heterocycles. The van der Waals surface area contributed by atoms with E-state index in [0.717, 1.165) is 17.4 Å². The van der Waals surface area contributed by atoms with Crippen molar-refractivity contribution >= 4 is 28.3 Å². The average molecular weight is 302 g/mol. The fourth-order valence-corrected chi connectivity index (χ4v) is 2.35. The van der Waals surface area contributed by atoms with E-state index in [9.17, 15) is 4.39 Å². The number of rotatable bonds is 3. The van der Waals surface area contributed by atoms with Crippen LogP contribution in [0.15, 0.2) is 42.5 Å². The Kier molecular flexibility index (Phi) is 3.71. The molecule has 0 atom stereocenters. The Morgan fingerprint density at radius 2 is 1.90 bits per heavy atom. The van der Waals surface area contributed by atoms with Crippen molar-refractivity contribution in [2.45, 2.75) is 6.92 Å². The minimum Gasteiger partial charge on any atom is -0.370 e. The van der Waals surface area contributed by atoms with E-state index in [2.05, 4.69) is 15.3 Å². The molecule has 1 aromatic heterocycles. The van der Waals surface area contributed by atoms with Crippen LogP contribution in [0.4, 0.5) is 10.2 Å². The first-order chi connectivity index (χ1) is 10.2. The number of hydrogen-bond donors (Lipinski definition) is 1. The van der Waals surface area contributed by atoms with Gasteiger partial charge in [-0.1, -0.05) is 29.8 Å². The molecule has 0 aliphatic carbocycles. The molecule has 106 valence electrons. The van der Waals surface area contributed by atoms with Gasteiger partial charge in [-0.25, -0.2) is 14.4 Å². The van der Waals surface area contributed by atoms with Crippen LogP contribution in [0.1, 0.15) is 6.92 Å². The maximum Gasteiger partial charge on any atom is 0.165 e. The molecule has 5 heteroatoms. The van der Waals surface area contributed by atoms with E-state index in [-0.39, 0.29) is 5.02 Å². The van der Waals surface area contributed by atoms with Crippen molar-refractivity contribution in [1.29, 1.82) is 0 Å². The molecule has 3 nitrogen and oxygen atoms in total. The number of nitrogens with one attached hydrogen (secondary N) is 1. The minimum atomic E-state index is -0.503. The van der Waals surface area contributed by atoms with Gasteiger partial charge in [0.25, 0.3) is 0 Å². The Bertz CT molecular complexity index is 805. The van der Waals surface area contributed by atoms with Gasteiger partial charge >= 0.3 is 0 Å². The predicted octanol–water partition coefficient (Wildman–Crippen LogP) is 4.52. The van der Waals surface area contributed by atoms with Crippen LogP contribution in [0.3, 0.4) is 0 Å². The molecule has 0 unspecified atom stereocenters. The summed E-state index contributed by atoms with van der Waals surface area (Å²) in [5.74, 6) is 0.513. The Morgan fingerprint density at radius 1 is 1.10 bits per heavy atom.